The minimum Gasteiger partial charge on any atom is -0.407 e. The first-order valence-corrected chi connectivity index (χ1v) is 9.05. The molecule has 1 N–H and O–H groups in total. The molecule has 0 radical (unpaired) electrons. The van der Waals surface area contributed by atoms with E-state index in [1.165, 1.54) is 22.8 Å². The van der Waals surface area contributed by atoms with E-state index in [0.717, 1.165) is 5.56 Å². The van der Waals surface area contributed by atoms with E-state index in [1.54, 1.807) is 12.1 Å². The number of hydrogen-bond acceptors (Lipinski definition) is 5. The third-order valence-electron chi connectivity index (χ3n) is 4.37. The molecule has 0 bridgehead atoms. The number of oxazole rings is 1. The van der Waals surface area contributed by atoms with Gasteiger partial charge in [-0.2, -0.15) is 0 Å². The zero-order valence-corrected chi connectivity index (χ0v) is 15.8. The topological polar surface area (TPSA) is 107 Å². The zero-order chi connectivity index (χ0) is 20.3. The molecule has 1 aromatic heterocycles. The first kappa shape index (κ1) is 19.6. The number of rotatable bonds is 7. The van der Waals surface area contributed by atoms with Crippen LogP contribution < -0.4 is 11.1 Å². The molecule has 0 fully saturated rings. The lowest BCUT2D eigenvalue weighted by Crippen LogP contribution is -2.27. The van der Waals surface area contributed by atoms with Crippen LogP contribution in [0.25, 0.3) is 11.1 Å². The van der Waals surface area contributed by atoms with Gasteiger partial charge in [0.05, 0.1) is 22.5 Å². The van der Waals surface area contributed by atoms with Crippen molar-refractivity contribution in [3.63, 3.8) is 0 Å². The summed E-state index contributed by atoms with van der Waals surface area (Å²) in [6.07, 6.45) is 0.636. The molecule has 1 heterocycles. The van der Waals surface area contributed by atoms with E-state index in [0.29, 0.717) is 17.0 Å². The summed E-state index contributed by atoms with van der Waals surface area (Å²) < 4.78 is 6.44. The van der Waals surface area contributed by atoms with Crippen molar-refractivity contribution in [3.8, 4) is 0 Å². The van der Waals surface area contributed by atoms with Crippen LogP contribution in [0.15, 0.2) is 51.7 Å². The molecule has 3 aromatic rings. The van der Waals surface area contributed by atoms with Crippen molar-refractivity contribution < 1.29 is 14.1 Å². The summed E-state index contributed by atoms with van der Waals surface area (Å²) in [5.41, 5.74) is 1.36. The minimum absolute atomic E-state index is 0.149. The average molecular weight is 404 g/mol. The molecule has 28 heavy (non-hydrogen) atoms. The number of hydrogen-bond donors (Lipinski definition) is 1. The van der Waals surface area contributed by atoms with Gasteiger partial charge in [-0.15, -0.1) is 0 Å². The van der Waals surface area contributed by atoms with Crippen molar-refractivity contribution in [1.82, 2.24) is 9.88 Å². The van der Waals surface area contributed by atoms with Gasteiger partial charge in [-0.3, -0.25) is 19.5 Å². The number of aromatic nitrogens is 1. The highest BCUT2D eigenvalue weighted by molar-refractivity contribution is 6.30. The quantitative estimate of drug-likeness (QED) is 0.476. The van der Waals surface area contributed by atoms with Gasteiger partial charge in [-0.05, 0) is 37.1 Å². The maximum Gasteiger partial charge on any atom is 0.419 e. The Hall–Kier alpha value is -3.13. The van der Waals surface area contributed by atoms with Crippen LogP contribution in [-0.2, 0) is 11.3 Å². The molecule has 0 spiro atoms. The zero-order valence-electron chi connectivity index (χ0n) is 15.1. The number of non-ortho nitro benzene ring substituents is 1. The fourth-order valence-electron chi connectivity index (χ4n) is 2.95. The van der Waals surface area contributed by atoms with Crippen LogP contribution in [0.5, 0.6) is 0 Å². The Kier molecular flexibility index (Phi) is 5.79. The molecule has 8 nitrogen and oxygen atoms in total. The molecular weight excluding hydrogens is 386 g/mol. The van der Waals surface area contributed by atoms with Crippen LogP contribution in [0, 0.1) is 10.1 Å². The third kappa shape index (κ3) is 4.40. The summed E-state index contributed by atoms with van der Waals surface area (Å²) in [5.74, 6) is -0.757. The lowest BCUT2D eigenvalue weighted by molar-refractivity contribution is -0.384. The molecule has 1 atom stereocenters. The van der Waals surface area contributed by atoms with E-state index in [1.807, 2.05) is 19.1 Å². The highest BCUT2D eigenvalue weighted by atomic mass is 35.5. The van der Waals surface area contributed by atoms with E-state index >= 15 is 0 Å². The minimum atomic E-state index is -0.608. The van der Waals surface area contributed by atoms with Gasteiger partial charge in [-0.25, -0.2) is 4.79 Å². The van der Waals surface area contributed by atoms with Crippen molar-refractivity contribution in [2.75, 3.05) is 0 Å². The van der Waals surface area contributed by atoms with Crippen molar-refractivity contribution >= 4 is 34.3 Å². The summed E-state index contributed by atoms with van der Waals surface area (Å²) in [4.78, 5) is 34.4. The highest BCUT2D eigenvalue weighted by Crippen LogP contribution is 2.21. The maximum atomic E-state index is 12.2. The van der Waals surface area contributed by atoms with Crippen molar-refractivity contribution in [1.29, 1.82) is 0 Å². The lowest BCUT2D eigenvalue weighted by atomic mass is 10.1. The number of carbonyl (C=O) groups excluding carboxylic acids is 1. The van der Waals surface area contributed by atoms with Crippen LogP contribution in [-0.4, -0.2) is 15.4 Å². The molecule has 1 amide bonds. The van der Waals surface area contributed by atoms with E-state index < -0.39 is 10.7 Å². The second-order valence-corrected chi connectivity index (χ2v) is 6.81. The molecule has 146 valence electrons. The lowest BCUT2D eigenvalue weighted by Gasteiger charge is -2.14. The summed E-state index contributed by atoms with van der Waals surface area (Å²) in [7, 11) is 0. The standard InChI is InChI=1S/C19H18ClN3O5/c1-12(13-4-2-5-14(20)10-13)21-18(24)6-3-9-22-16-8-7-15(23(26)27)11-17(16)28-19(22)25/h2,4-5,7-8,10-12H,3,6,9H2,1H3,(H,21,24)/t12-/m1/s1. The van der Waals surface area contributed by atoms with Crippen molar-refractivity contribution in [2.24, 2.45) is 0 Å². The van der Waals surface area contributed by atoms with Crippen molar-refractivity contribution in [2.45, 2.75) is 32.4 Å². The van der Waals surface area contributed by atoms with Gasteiger partial charge in [-0.1, -0.05) is 23.7 Å². The van der Waals surface area contributed by atoms with E-state index in [-0.39, 0.29) is 36.2 Å². The van der Waals surface area contributed by atoms with Gasteiger partial charge >= 0.3 is 5.76 Å². The molecule has 0 saturated heterocycles. The fraction of sp³-hybridized carbons (Fsp3) is 0.263. The number of fused-ring (bicyclic) bond motifs is 1. The fourth-order valence-corrected chi connectivity index (χ4v) is 3.15. The normalized spacial score (nSPS) is 12.1. The molecule has 0 unspecified atom stereocenters. The molecule has 2 aromatic carbocycles. The summed E-state index contributed by atoms with van der Waals surface area (Å²) in [5, 5.41) is 14.3. The molecule has 0 aliphatic heterocycles. The Labute approximate surface area is 164 Å². The number of aryl methyl sites for hydroxylation is 1. The summed E-state index contributed by atoms with van der Waals surface area (Å²) >= 11 is 5.96. The predicted molar refractivity (Wildman–Crippen MR) is 104 cm³/mol. The number of benzene rings is 2. The van der Waals surface area contributed by atoms with Crippen molar-refractivity contribution in [3.05, 3.63) is 73.7 Å². The summed E-state index contributed by atoms with van der Waals surface area (Å²) in [6, 6.07) is 11.1. The smallest absolute Gasteiger partial charge is 0.407 e. The Morgan fingerprint density at radius 2 is 2.11 bits per heavy atom. The Morgan fingerprint density at radius 1 is 1.32 bits per heavy atom. The van der Waals surface area contributed by atoms with E-state index in [9.17, 15) is 19.7 Å². The van der Waals surface area contributed by atoms with Crippen LogP contribution in [0.3, 0.4) is 0 Å². The number of nitrogens with one attached hydrogen (secondary N) is 1. The number of halogens is 1. The molecule has 0 saturated carbocycles. The number of amides is 1. The Morgan fingerprint density at radius 3 is 2.82 bits per heavy atom. The van der Waals surface area contributed by atoms with Gasteiger partial charge in [0.1, 0.15) is 0 Å². The number of nitrogens with zero attached hydrogens (tertiary/aromatic N) is 2. The van der Waals surface area contributed by atoms with Crippen LogP contribution in [0.1, 0.15) is 31.4 Å². The Balaban J connectivity index is 1.60. The van der Waals surface area contributed by atoms with Gasteiger partial charge in [0.2, 0.25) is 5.91 Å². The molecule has 0 aliphatic rings. The predicted octanol–water partition coefficient (Wildman–Crippen LogP) is 3.81. The van der Waals surface area contributed by atoms with E-state index in [2.05, 4.69) is 5.32 Å². The molecule has 3 rings (SSSR count). The number of nitro benzene ring substituents is 1. The van der Waals surface area contributed by atoms with Gasteiger partial charge in [0.15, 0.2) is 5.58 Å². The molecule has 0 aliphatic carbocycles. The average Bonchev–Trinajstić information content (AvgIpc) is 2.96. The van der Waals surface area contributed by atoms with Gasteiger partial charge in [0, 0.05) is 24.1 Å². The third-order valence-corrected chi connectivity index (χ3v) is 4.61. The maximum absolute atomic E-state index is 12.2. The van der Waals surface area contributed by atoms with Crippen LogP contribution >= 0.6 is 11.6 Å². The van der Waals surface area contributed by atoms with Crippen LogP contribution in [0.4, 0.5) is 5.69 Å². The van der Waals surface area contributed by atoms with Gasteiger partial charge in [0.25, 0.3) is 5.69 Å². The van der Waals surface area contributed by atoms with Gasteiger partial charge < -0.3 is 9.73 Å². The SMILES string of the molecule is C[C@@H](NC(=O)CCCn1c(=O)oc2cc([N+](=O)[O-])ccc21)c1cccc(Cl)c1. The highest BCUT2D eigenvalue weighted by Gasteiger charge is 2.15. The molecular formula is C19H18ClN3O5. The second-order valence-electron chi connectivity index (χ2n) is 6.38. The monoisotopic (exact) mass is 403 g/mol. The first-order valence-electron chi connectivity index (χ1n) is 8.68. The molecule has 9 heteroatoms. The Bertz CT molecular complexity index is 1090. The number of nitro groups is 1. The summed E-state index contributed by atoms with van der Waals surface area (Å²) in [6.45, 7) is 2.13. The number of carbonyl (C=O) groups is 1. The largest absolute Gasteiger partial charge is 0.419 e. The van der Waals surface area contributed by atoms with Crippen LogP contribution in [0.2, 0.25) is 5.02 Å². The second kappa shape index (κ2) is 8.26. The first-order chi connectivity index (χ1) is 13.3. The van der Waals surface area contributed by atoms with E-state index in [4.69, 9.17) is 16.0 Å².